The lowest BCUT2D eigenvalue weighted by molar-refractivity contribution is 0.0971. The third-order valence-electron chi connectivity index (χ3n) is 3.36. The third-order valence-corrected chi connectivity index (χ3v) is 5.31. The van der Waals surface area contributed by atoms with Gasteiger partial charge < -0.3 is 8.98 Å². The zero-order valence-corrected chi connectivity index (χ0v) is 14.4. The molecular formula is C15H15N3O4S2. The Balaban J connectivity index is 2.19. The SMILES string of the molecule is CCCn1c(=NC(=O)c2ccco2)sc2cc(S(N)(=O)=O)ccc21. The van der Waals surface area contributed by atoms with Gasteiger partial charge in [0.15, 0.2) is 10.6 Å². The lowest BCUT2D eigenvalue weighted by Crippen LogP contribution is -2.16. The summed E-state index contributed by atoms with van der Waals surface area (Å²) in [5.41, 5.74) is 0.806. The number of rotatable bonds is 4. The highest BCUT2D eigenvalue weighted by molar-refractivity contribution is 7.89. The first-order chi connectivity index (χ1) is 11.4. The number of thiazole rings is 1. The van der Waals surface area contributed by atoms with Crippen molar-refractivity contribution in [2.75, 3.05) is 0 Å². The summed E-state index contributed by atoms with van der Waals surface area (Å²) in [5, 5.41) is 5.18. The third kappa shape index (κ3) is 3.18. The molecular weight excluding hydrogens is 350 g/mol. The summed E-state index contributed by atoms with van der Waals surface area (Å²) in [7, 11) is -3.78. The van der Waals surface area contributed by atoms with E-state index >= 15 is 0 Å². The van der Waals surface area contributed by atoms with Crippen molar-refractivity contribution >= 4 is 37.5 Å². The highest BCUT2D eigenvalue weighted by Gasteiger charge is 2.14. The highest BCUT2D eigenvalue weighted by atomic mass is 32.2. The molecule has 2 aromatic heterocycles. The minimum atomic E-state index is -3.78. The topological polar surface area (TPSA) is 108 Å². The molecule has 1 aromatic carbocycles. The number of hydrogen-bond acceptors (Lipinski definition) is 5. The number of aryl methyl sites for hydroxylation is 1. The number of benzene rings is 1. The van der Waals surface area contributed by atoms with E-state index in [2.05, 4.69) is 4.99 Å². The average Bonchev–Trinajstić information content (AvgIpc) is 3.15. The number of carbonyl (C=O) groups is 1. The Kier molecular flexibility index (Phi) is 4.39. The summed E-state index contributed by atoms with van der Waals surface area (Å²) in [5.74, 6) is -0.330. The zero-order chi connectivity index (χ0) is 17.3. The second-order valence-electron chi connectivity index (χ2n) is 5.11. The van der Waals surface area contributed by atoms with Crippen molar-refractivity contribution in [3.63, 3.8) is 0 Å². The van der Waals surface area contributed by atoms with E-state index in [0.29, 0.717) is 16.0 Å². The number of furan rings is 1. The molecule has 7 nitrogen and oxygen atoms in total. The number of fused-ring (bicyclic) bond motifs is 1. The number of aromatic nitrogens is 1. The molecule has 9 heteroatoms. The van der Waals surface area contributed by atoms with Crippen LogP contribution in [0.2, 0.25) is 0 Å². The minimum absolute atomic E-state index is 0.0313. The van der Waals surface area contributed by atoms with Crippen LogP contribution in [0.15, 0.2) is 50.9 Å². The quantitative estimate of drug-likeness (QED) is 0.763. The lowest BCUT2D eigenvalue weighted by atomic mass is 10.3. The van der Waals surface area contributed by atoms with E-state index in [1.165, 1.54) is 29.7 Å². The summed E-state index contributed by atoms with van der Waals surface area (Å²) in [6, 6.07) is 7.79. The molecule has 2 heterocycles. The van der Waals surface area contributed by atoms with Gasteiger partial charge in [-0.25, -0.2) is 13.6 Å². The van der Waals surface area contributed by atoms with Crippen LogP contribution in [0.3, 0.4) is 0 Å². The van der Waals surface area contributed by atoms with Crippen molar-refractivity contribution in [1.82, 2.24) is 4.57 Å². The van der Waals surface area contributed by atoms with Crippen LogP contribution in [0.4, 0.5) is 0 Å². The summed E-state index contributed by atoms with van der Waals surface area (Å²) in [4.78, 5) is 16.8. The van der Waals surface area contributed by atoms with Gasteiger partial charge in [-0.05, 0) is 36.8 Å². The van der Waals surface area contributed by atoms with Crippen LogP contribution in [0, 0.1) is 0 Å². The minimum Gasteiger partial charge on any atom is -0.459 e. The molecule has 0 unspecified atom stereocenters. The average molecular weight is 365 g/mol. The van der Waals surface area contributed by atoms with E-state index in [1.54, 1.807) is 18.2 Å². The van der Waals surface area contributed by atoms with Crippen LogP contribution in [0.5, 0.6) is 0 Å². The second-order valence-corrected chi connectivity index (χ2v) is 7.68. The number of primary sulfonamides is 1. The van der Waals surface area contributed by atoms with Gasteiger partial charge in [-0.2, -0.15) is 4.99 Å². The van der Waals surface area contributed by atoms with Gasteiger partial charge in [0.1, 0.15) is 0 Å². The van der Waals surface area contributed by atoms with Crippen LogP contribution < -0.4 is 9.94 Å². The van der Waals surface area contributed by atoms with Crippen molar-refractivity contribution < 1.29 is 17.6 Å². The Bertz CT molecular complexity index is 1060. The molecule has 0 fully saturated rings. The van der Waals surface area contributed by atoms with E-state index in [-0.39, 0.29) is 10.7 Å². The van der Waals surface area contributed by atoms with Crippen molar-refractivity contribution in [2.45, 2.75) is 24.8 Å². The van der Waals surface area contributed by atoms with Gasteiger partial charge in [-0.1, -0.05) is 18.3 Å². The Labute approximate surface area is 142 Å². The van der Waals surface area contributed by atoms with E-state index in [0.717, 1.165) is 11.9 Å². The summed E-state index contributed by atoms with van der Waals surface area (Å²) in [6.45, 7) is 2.66. The van der Waals surface area contributed by atoms with E-state index < -0.39 is 15.9 Å². The molecule has 1 amide bonds. The Morgan fingerprint density at radius 1 is 1.38 bits per heavy atom. The fourth-order valence-corrected chi connectivity index (χ4v) is 4.01. The maximum atomic E-state index is 12.2. The van der Waals surface area contributed by atoms with Crippen molar-refractivity contribution in [2.24, 2.45) is 10.1 Å². The van der Waals surface area contributed by atoms with Gasteiger partial charge in [0, 0.05) is 6.54 Å². The van der Waals surface area contributed by atoms with Gasteiger partial charge in [-0.15, -0.1) is 0 Å². The maximum Gasteiger partial charge on any atom is 0.315 e. The summed E-state index contributed by atoms with van der Waals surface area (Å²) < 4.78 is 30.7. The predicted octanol–water partition coefficient (Wildman–Crippen LogP) is 2.09. The fraction of sp³-hybridized carbons (Fsp3) is 0.200. The van der Waals surface area contributed by atoms with Crippen molar-refractivity contribution in [3.05, 3.63) is 47.2 Å². The Morgan fingerprint density at radius 3 is 2.79 bits per heavy atom. The molecule has 2 N–H and O–H groups in total. The molecule has 0 bridgehead atoms. The number of hydrogen-bond donors (Lipinski definition) is 1. The molecule has 24 heavy (non-hydrogen) atoms. The smallest absolute Gasteiger partial charge is 0.315 e. The molecule has 0 aliphatic carbocycles. The first-order valence-corrected chi connectivity index (χ1v) is 9.55. The van der Waals surface area contributed by atoms with Gasteiger partial charge >= 0.3 is 5.91 Å². The van der Waals surface area contributed by atoms with Crippen LogP contribution in [-0.2, 0) is 16.6 Å². The molecule has 0 saturated heterocycles. The van der Waals surface area contributed by atoms with E-state index in [9.17, 15) is 13.2 Å². The molecule has 0 aliphatic heterocycles. The molecule has 0 spiro atoms. The van der Waals surface area contributed by atoms with E-state index in [1.807, 2.05) is 11.5 Å². The molecule has 126 valence electrons. The second kappa shape index (κ2) is 6.34. The maximum absolute atomic E-state index is 12.2. The van der Waals surface area contributed by atoms with Crippen molar-refractivity contribution in [1.29, 1.82) is 0 Å². The fourth-order valence-electron chi connectivity index (χ4n) is 2.30. The molecule has 0 saturated carbocycles. The normalized spacial score (nSPS) is 12.8. The molecule has 3 rings (SSSR count). The van der Waals surface area contributed by atoms with Crippen LogP contribution in [0.25, 0.3) is 10.2 Å². The zero-order valence-electron chi connectivity index (χ0n) is 12.8. The van der Waals surface area contributed by atoms with Gasteiger partial charge in [0.25, 0.3) is 0 Å². The number of nitrogens with two attached hydrogens (primary N) is 1. The molecule has 0 atom stereocenters. The summed E-state index contributed by atoms with van der Waals surface area (Å²) >= 11 is 1.23. The monoisotopic (exact) mass is 365 g/mol. The number of nitrogens with zero attached hydrogens (tertiary/aromatic N) is 2. The highest BCUT2D eigenvalue weighted by Crippen LogP contribution is 2.21. The molecule has 3 aromatic rings. The number of amides is 1. The van der Waals surface area contributed by atoms with Crippen LogP contribution >= 0.6 is 11.3 Å². The van der Waals surface area contributed by atoms with Crippen molar-refractivity contribution in [3.8, 4) is 0 Å². The molecule has 0 radical (unpaired) electrons. The lowest BCUT2D eigenvalue weighted by Gasteiger charge is -2.03. The van der Waals surface area contributed by atoms with Crippen LogP contribution in [-0.4, -0.2) is 18.9 Å². The largest absolute Gasteiger partial charge is 0.459 e. The van der Waals surface area contributed by atoms with Gasteiger partial charge in [-0.3, -0.25) is 4.79 Å². The van der Waals surface area contributed by atoms with Crippen LogP contribution in [0.1, 0.15) is 23.9 Å². The van der Waals surface area contributed by atoms with Gasteiger partial charge in [0.05, 0.1) is 21.4 Å². The molecule has 0 aliphatic rings. The van der Waals surface area contributed by atoms with Gasteiger partial charge in [0.2, 0.25) is 10.0 Å². The number of carbonyl (C=O) groups excluding carboxylic acids is 1. The van der Waals surface area contributed by atoms with E-state index in [4.69, 9.17) is 9.56 Å². The Hall–Kier alpha value is -2.23. The Morgan fingerprint density at radius 2 is 2.17 bits per heavy atom. The first kappa shape index (κ1) is 16.6. The summed E-state index contributed by atoms with van der Waals surface area (Å²) in [6.07, 6.45) is 2.25. The first-order valence-electron chi connectivity index (χ1n) is 7.19. The standard InChI is InChI=1S/C15H15N3O4S2/c1-2-7-18-11-6-5-10(24(16,20)21)9-13(11)23-15(18)17-14(19)12-4-3-8-22-12/h3-6,8-9H,2,7H2,1H3,(H2,16,20,21). The predicted molar refractivity (Wildman–Crippen MR) is 90.1 cm³/mol. The number of sulfonamides is 1.